The van der Waals surface area contributed by atoms with Gasteiger partial charge in [-0.2, -0.15) is 5.10 Å². The molecule has 116 valence electrons. The number of carbonyl (C=O) groups is 1. The second-order valence-corrected chi connectivity index (χ2v) is 6.19. The van der Waals surface area contributed by atoms with Crippen molar-refractivity contribution in [3.8, 4) is 0 Å². The van der Waals surface area contributed by atoms with Crippen LogP contribution < -0.4 is 5.32 Å². The summed E-state index contributed by atoms with van der Waals surface area (Å²) in [5, 5.41) is 7.37. The summed E-state index contributed by atoms with van der Waals surface area (Å²) in [6, 6.07) is 2.33. The maximum atomic E-state index is 12.4. The van der Waals surface area contributed by atoms with Gasteiger partial charge in [0.25, 0.3) is 0 Å². The van der Waals surface area contributed by atoms with Crippen LogP contribution in [0.2, 0.25) is 0 Å². The lowest BCUT2D eigenvalue weighted by Crippen LogP contribution is -2.43. The van der Waals surface area contributed by atoms with E-state index in [0.29, 0.717) is 18.5 Å². The minimum Gasteiger partial charge on any atom is -0.335 e. The number of nitrogens with one attached hydrogen (secondary N) is 1. The van der Waals surface area contributed by atoms with Gasteiger partial charge in [-0.25, -0.2) is 9.78 Å². The Bertz CT molecular complexity index is 645. The maximum Gasteiger partial charge on any atom is 0.318 e. The summed E-state index contributed by atoms with van der Waals surface area (Å²) < 4.78 is 4.09. The van der Waals surface area contributed by atoms with Crippen molar-refractivity contribution in [1.29, 1.82) is 0 Å². The molecule has 1 atom stereocenters. The number of nitrogens with zero attached hydrogens (tertiary/aromatic N) is 5. The Labute approximate surface area is 128 Å². The number of fused-ring (bicyclic) bond motifs is 1. The predicted octanol–water partition coefficient (Wildman–Crippen LogP) is 1.08. The minimum absolute atomic E-state index is 0.0319. The first-order valence-corrected chi connectivity index (χ1v) is 7.81. The first-order valence-electron chi connectivity index (χ1n) is 7.81. The second-order valence-electron chi connectivity index (χ2n) is 6.19. The lowest BCUT2D eigenvalue weighted by Gasteiger charge is -2.24. The van der Waals surface area contributed by atoms with Gasteiger partial charge in [0, 0.05) is 56.4 Å². The molecular formula is C15H20N6O. The van der Waals surface area contributed by atoms with Crippen LogP contribution in [0.25, 0.3) is 0 Å². The first kappa shape index (κ1) is 13.4. The number of imidazole rings is 1. The zero-order chi connectivity index (χ0) is 14.9. The molecule has 1 N–H and O–H groups in total. The van der Waals surface area contributed by atoms with Crippen LogP contribution in [0.4, 0.5) is 4.79 Å². The maximum absolute atomic E-state index is 12.4. The molecule has 1 aliphatic carbocycles. The highest BCUT2D eigenvalue weighted by molar-refractivity contribution is 5.74. The minimum atomic E-state index is 0.0319. The number of urea groups is 1. The van der Waals surface area contributed by atoms with Gasteiger partial charge in [0.05, 0.1) is 6.54 Å². The van der Waals surface area contributed by atoms with Gasteiger partial charge in [0.1, 0.15) is 5.82 Å². The van der Waals surface area contributed by atoms with E-state index in [0.717, 1.165) is 38.3 Å². The summed E-state index contributed by atoms with van der Waals surface area (Å²) in [6.07, 6.45) is 9.76. The van der Waals surface area contributed by atoms with Crippen molar-refractivity contribution in [3.63, 3.8) is 0 Å². The summed E-state index contributed by atoms with van der Waals surface area (Å²) in [6.45, 7) is 2.96. The summed E-state index contributed by atoms with van der Waals surface area (Å²) in [4.78, 5) is 18.7. The molecule has 0 saturated heterocycles. The fraction of sp³-hybridized carbons (Fsp3) is 0.533. The summed E-state index contributed by atoms with van der Waals surface area (Å²) >= 11 is 0. The zero-order valence-corrected chi connectivity index (χ0v) is 12.4. The molecule has 3 heterocycles. The standard InChI is InChI=1S/C15H20N6O/c22-15(18-13-2-3-13)20-9-12(10-21-6-1-4-17-21)8-19-7-5-16-14(19)11-20/h1,4-7,12-13H,2-3,8-11H2,(H,18,22)/t12-/m1/s1. The molecule has 1 fully saturated rings. The molecule has 0 aromatic carbocycles. The molecule has 2 amide bonds. The molecule has 2 aromatic heterocycles. The number of aromatic nitrogens is 4. The number of carbonyl (C=O) groups excluding carboxylic acids is 1. The number of amides is 2. The molecule has 0 radical (unpaired) electrons. The Morgan fingerprint density at radius 2 is 2.18 bits per heavy atom. The van der Waals surface area contributed by atoms with Crippen molar-refractivity contribution in [2.45, 2.75) is 38.5 Å². The zero-order valence-electron chi connectivity index (χ0n) is 12.4. The number of rotatable bonds is 3. The van der Waals surface area contributed by atoms with E-state index in [1.807, 2.05) is 34.2 Å². The molecule has 1 saturated carbocycles. The van der Waals surface area contributed by atoms with E-state index in [1.165, 1.54) is 0 Å². The molecule has 0 spiro atoms. The average molecular weight is 300 g/mol. The molecule has 22 heavy (non-hydrogen) atoms. The van der Waals surface area contributed by atoms with Crippen molar-refractivity contribution in [3.05, 3.63) is 36.7 Å². The molecule has 7 heteroatoms. The van der Waals surface area contributed by atoms with Crippen LogP contribution in [0.3, 0.4) is 0 Å². The lowest BCUT2D eigenvalue weighted by molar-refractivity contribution is 0.181. The molecule has 0 unspecified atom stereocenters. The van der Waals surface area contributed by atoms with Crippen molar-refractivity contribution in [2.24, 2.45) is 5.92 Å². The lowest BCUT2D eigenvalue weighted by atomic mass is 10.1. The summed E-state index contributed by atoms with van der Waals surface area (Å²) in [5.41, 5.74) is 0. The topological polar surface area (TPSA) is 68.0 Å². The van der Waals surface area contributed by atoms with E-state index in [4.69, 9.17) is 0 Å². The first-order chi connectivity index (χ1) is 10.8. The molecule has 1 aliphatic heterocycles. The smallest absolute Gasteiger partial charge is 0.318 e. The van der Waals surface area contributed by atoms with E-state index in [1.54, 1.807) is 6.20 Å². The molecule has 4 rings (SSSR count). The Morgan fingerprint density at radius 3 is 2.95 bits per heavy atom. The quantitative estimate of drug-likeness (QED) is 0.922. The van der Waals surface area contributed by atoms with Crippen LogP contribution in [-0.4, -0.2) is 42.8 Å². The van der Waals surface area contributed by atoms with Gasteiger partial charge >= 0.3 is 6.03 Å². The van der Waals surface area contributed by atoms with Gasteiger partial charge < -0.3 is 14.8 Å². The van der Waals surface area contributed by atoms with Crippen molar-refractivity contribution in [2.75, 3.05) is 6.54 Å². The van der Waals surface area contributed by atoms with Crippen LogP contribution in [0.1, 0.15) is 18.7 Å². The van der Waals surface area contributed by atoms with Gasteiger partial charge in [-0.3, -0.25) is 4.68 Å². The van der Waals surface area contributed by atoms with Crippen LogP contribution in [0.15, 0.2) is 30.9 Å². The number of hydrogen-bond acceptors (Lipinski definition) is 3. The van der Waals surface area contributed by atoms with E-state index in [9.17, 15) is 4.79 Å². The Kier molecular flexibility index (Phi) is 3.32. The molecular weight excluding hydrogens is 280 g/mol. The molecule has 2 aromatic rings. The van der Waals surface area contributed by atoms with E-state index in [2.05, 4.69) is 20.0 Å². The van der Waals surface area contributed by atoms with Crippen molar-refractivity contribution < 1.29 is 4.79 Å². The third-order valence-electron chi connectivity index (χ3n) is 4.26. The SMILES string of the molecule is O=C(NC1CC1)N1Cc2nccn2C[C@@H](Cn2cccn2)C1. The highest BCUT2D eigenvalue weighted by Gasteiger charge is 2.30. The third kappa shape index (κ3) is 2.84. The summed E-state index contributed by atoms with van der Waals surface area (Å²) in [7, 11) is 0. The molecule has 2 aliphatic rings. The highest BCUT2D eigenvalue weighted by atomic mass is 16.2. The van der Waals surface area contributed by atoms with E-state index < -0.39 is 0 Å². The van der Waals surface area contributed by atoms with E-state index >= 15 is 0 Å². The van der Waals surface area contributed by atoms with Gasteiger partial charge in [0.15, 0.2) is 0 Å². The normalized spacial score (nSPS) is 21.3. The molecule has 7 nitrogen and oxygen atoms in total. The largest absolute Gasteiger partial charge is 0.335 e. The second kappa shape index (κ2) is 5.47. The Morgan fingerprint density at radius 1 is 1.27 bits per heavy atom. The van der Waals surface area contributed by atoms with Gasteiger partial charge in [-0.05, 0) is 18.9 Å². The van der Waals surface area contributed by atoms with Gasteiger partial charge in [-0.1, -0.05) is 0 Å². The fourth-order valence-electron chi connectivity index (χ4n) is 2.98. The van der Waals surface area contributed by atoms with Crippen LogP contribution in [-0.2, 0) is 19.6 Å². The fourth-order valence-corrected chi connectivity index (χ4v) is 2.98. The predicted molar refractivity (Wildman–Crippen MR) is 79.9 cm³/mol. The third-order valence-corrected chi connectivity index (χ3v) is 4.26. The number of hydrogen-bond donors (Lipinski definition) is 1. The Hall–Kier alpha value is -2.31. The van der Waals surface area contributed by atoms with Gasteiger partial charge in [-0.15, -0.1) is 0 Å². The van der Waals surface area contributed by atoms with Crippen molar-refractivity contribution in [1.82, 2.24) is 29.5 Å². The Balaban J connectivity index is 1.52. The van der Waals surface area contributed by atoms with Crippen LogP contribution in [0.5, 0.6) is 0 Å². The van der Waals surface area contributed by atoms with Crippen molar-refractivity contribution >= 4 is 6.03 Å². The highest BCUT2D eigenvalue weighted by Crippen LogP contribution is 2.21. The van der Waals surface area contributed by atoms with Crippen LogP contribution in [0, 0.1) is 5.92 Å². The molecule has 0 bridgehead atoms. The monoisotopic (exact) mass is 300 g/mol. The summed E-state index contributed by atoms with van der Waals surface area (Å²) in [5.74, 6) is 1.27. The van der Waals surface area contributed by atoms with Crippen LogP contribution >= 0.6 is 0 Å². The van der Waals surface area contributed by atoms with Gasteiger partial charge in [0.2, 0.25) is 0 Å². The van der Waals surface area contributed by atoms with E-state index in [-0.39, 0.29) is 6.03 Å². The average Bonchev–Trinajstić information content (AvgIpc) is 3.03.